The minimum atomic E-state index is -0.903. The van der Waals surface area contributed by atoms with Crippen molar-refractivity contribution in [1.29, 1.82) is 0 Å². The van der Waals surface area contributed by atoms with Crippen LogP contribution in [0.15, 0.2) is 29.3 Å². The molecule has 2 aromatic rings. The highest BCUT2D eigenvalue weighted by Crippen LogP contribution is 2.40. The molecular formula is C24H35N5O2. The predicted molar refractivity (Wildman–Crippen MR) is 120 cm³/mol. The maximum absolute atomic E-state index is 12.4. The second-order valence-corrected chi connectivity index (χ2v) is 9.71. The lowest BCUT2D eigenvalue weighted by atomic mass is 9.75. The lowest BCUT2D eigenvalue weighted by Gasteiger charge is -2.52. The van der Waals surface area contributed by atoms with E-state index in [-0.39, 0.29) is 18.0 Å². The van der Waals surface area contributed by atoms with Gasteiger partial charge in [0.05, 0.1) is 17.8 Å². The summed E-state index contributed by atoms with van der Waals surface area (Å²) < 4.78 is 1.47. The molecule has 2 unspecified atom stereocenters. The molecule has 168 valence electrons. The van der Waals surface area contributed by atoms with Gasteiger partial charge >= 0.3 is 0 Å². The maximum atomic E-state index is 12.4. The molecule has 0 saturated carbocycles. The van der Waals surface area contributed by atoms with E-state index in [1.54, 1.807) is 12.1 Å². The van der Waals surface area contributed by atoms with Crippen molar-refractivity contribution in [3.63, 3.8) is 0 Å². The number of aliphatic hydroxyl groups is 1. The van der Waals surface area contributed by atoms with Crippen LogP contribution in [-0.4, -0.2) is 47.4 Å². The van der Waals surface area contributed by atoms with Gasteiger partial charge in [0.25, 0.3) is 5.56 Å². The van der Waals surface area contributed by atoms with Gasteiger partial charge in [0.2, 0.25) is 0 Å². The van der Waals surface area contributed by atoms with Crippen molar-refractivity contribution in [2.24, 2.45) is 0 Å². The van der Waals surface area contributed by atoms with Gasteiger partial charge in [-0.1, -0.05) is 27.2 Å². The summed E-state index contributed by atoms with van der Waals surface area (Å²) in [5, 5.41) is 16.0. The molecule has 7 nitrogen and oxygen atoms in total. The van der Waals surface area contributed by atoms with E-state index in [0.29, 0.717) is 24.9 Å². The largest absolute Gasteiger partial charge is 0.388 e. The van der Waals surface area contributed by atoms with Crippen molar-refractivity contribution in [2.75, 3.05) is 0 Å². The van der Waals surface area contributed by atoms with Crippen LogP contribution in [0.5, 0.6) is 0 Å². The molecule has 4 heterocycles. The van der Waals surface area contributed by atoms with Crippen LogP contribution in [-0.2, 0) is 19.5 Å². The van der Waals surface area contributed by atoms with Crippen LogP contribution < -0.4 is 5.56 Å². The van der Waals surface area contributed by atoms with Gasteiger partial charge < -0.3 is 5.11 Å². The van der Waals surface area contributed by atoms with Gasteiger partial charge in [-0.3, -0.25) is 9.69 Å². The van der Waals surface area contributed by atoms with Crippen LogP contribution in [0, 0.1) is 0 Å². The van der Waals surface area contributed by atoms with E-state index in [0.717, 1.165) is 49.3 Å². The summed E-state index contributed by atoms with van der Waals surface area (Å²) in [6, 6.07) is 3.97. The number of fused-ring (bicyclic) bond motifs is 2. The lowest BCUT2D eigenvalue weighted by molar-refractivity contribution is -0.105. The molecule has 2 saturated heterocycles. The molecule has 1 N–H and O–H groups in total. The molecule has 0 aliphatic carbocycles. The molecule has 7 heteroatoms. The Morgan fingerprint density at radius 3 is 2.45 bits per heavy atom. The second-order valence-electron chi connectivity index (χ2n) is 9.71. The van der Waals surface area contributed by atoms with Crippen LogP contribution in [0.4, 0.5) is 0 Å². The Balaban J connectivity index is 1.48. The molecular weight excluding hydrogens is 390 g/mol. The van der Waals surface area contributed by atoms with Crippen LogP contribution in [0.25, 0.3) is 0 Å². The van der Waals surface area contributed by atoms with Gasteiger partial charge in [-0.05, 0) is 44.1 Å². The number of piperidine rings is 2. The molecule has 2 aliphatic rings. The van der Waals surface area contributed by atoms with Crippen molar-refractivity contribution in [3.8, 4) is 0 Å². The van der Waals surface area contributed by atoms with E-state index in [4.69, 9.17) is 0 Å². The molecule has 2 bridgehead atoms. The zero-order valence-electron chi connectivity index (χ0n) is 19.0. The first-order chi connectivity index (χ1) is 14.9. The number of hydrogen-bond donors (Lipinski definition) is 1. The third-order valence-electron chi connectivity index (χ3n) is 6.76. The van der Waals surface area contributed by atoms with Gasteiger partial charge in [-0.15, -0.1) is 0 Å². The van der Waals surface area contributed by atoms with E-state index < -0.39 is 5.60 Å². The average molecular weight is 426 g/mol. The molecule has 0 spiro atoms. The average Bonchev–Trinajstić information content (AvgIpc) is 2.72. The van der Waals surface area contributed by atoms with Gasteiger partial charge in [0.15, 0.2) is 0 Å². The molecule has 2 fully saturated rings. The standard InChI is InChI=1S/C24H35N5O2/c1-4-6-22-25-13-18(14-26-22)15-28-19-7-5-8-20(28)12-24(31,11-19)16-29-23(30)10-9-21(27-29)17(2)3/h9-10,13-14,17,19-20,31H,4-8,11-12,15-16H2,1-3H3. The summed E-state index contributed by atoms with van der Waals surface area (Å²) in [5.41, 5.74) is 0.965. The van der Waals surface area contributed by atoms with Crippen molar-refractivity contribution in [2.45, 2.75) is 102 Å². The Kier molecular flexibility index (Phi) is 6.53. The monoisotopic (exact) mass is 425 g/mol. The third-order valence-corrected chi connectivity index (χ3v) is 6.76. The topological polar surface area (TPSA) is 84.1 Å². The molecule has 0 radical (unpaired) electrons. The van der Waals surface area contributed by atoms with E-state index in [1.807, 2.05) is 12.4 Å². The Morgan fingerprint density at radius 1 is 1.16 bits per heavy atom. The molecule has 4 rings (SSSR count). The fourth-order valence-corrected chi connectivity index (χ4v) is 5.20. The van der Waals surface area contributed by atoms with Gasteiger partial charge in [-0.25, -0.2) is 14.6 Å². The van der Waals surface area contributed by atoms with E-state index in [9.17, 15) is 9.90 Å². The van der Waals surface area contributed by atoms with Gasteiger partial charge in [0.1, 0.15) is 5.82 Å². The van der Waals surface area contributed by atoms with Crippen molar-refractivity contribution in [1.82, 2.24) is 24.6 Å². The highest BCUT2D eigenvalue weighted by atomic mass is 16.3. The summed E-state index contributed by atoms with van der Waals surface area (Å²) in [5.74, 6) is 1.15. The number of aryl methyl sites for hydroxylation is 1. The summed E-state index contributed by atoms with van der Waals surface area (Å²) in [6.45, 7) is 7.34. The number of hydrogen-bond acceptors (Lipinski definition) is 6. The number of rotatable bonds is 7. The van der Waals surface area contributed by atoms with Crippen LogP contribution >= 0.6 is 0 Å². The summed E-state index contributed by atoms with van der Waals surface area (Å²) in [6.07, 6.45) is 10.5. The molecule has 2 aliphatic heterocycles. The minimum absolute atomic E-state index is 0.144. The SMILES string of the molecule is CCCc1ncc(CN2C3CCCC2CC(O)(Cn2nc(C(C)C)ccc2=O)C3)cn1. The zero-order valence-corrected chi connectivity index (χ0v) is 19.0. The molecule has 0 aromatic carbocycles. The predicted octanol–water partition coefficient (Wildman–Crippen LogP) is 3.06. The molecule has 31 heavy (non-hydrogen) atoms. The Labute approximate surface area is 184 Å². The summed E-state index contributed by atoms with van der Waals surface area (Å²) in [4.78, 5) is 23.9. The van der Waals surface area contributed by atoms with Crippen molar-refractivity contribution in [3.05, 3.63) is 52.0 Å². The van der Waals surface area contributed by atoms with Crippen LogP contribution in [0.2, 0.25) is 0 Å². The first-order valence-corrected chi connectivity index (χ1v) is 11.7. The van der Waals surface area contributed by atoms with E-state index in [1.165, 1.54) is 11.1 Å². The number of nitrogens with zero attached hydrogens (tertiary/aromatic N) is 5. The van der Waals surface area contributed by atoms with E-state index in [2.05, 4.69) is 40.7 Å². The minimum Gasteiger partial charge on any atom is -0.388 e. The Bertz CT molecular complexity index is 926. The fourth-order valence-electron chi connectivity index (χ4n) is 5.20. The second kappa shape index (κ2) is 9.17. The molecule has 0 amide bonds. The lowest BCUT2D eigenvalue weighted by Crippen LogP contribution is -2.59. The zero-order chi connectivity index (χ0) is 22.0. The Hall–Kier alpha value is -2.12. The normalized spacial score (nSPS) is 26.4. The quantitative estimate of drug-likeness (QED) is 0.734. The first-order valence-electron chi connectivity index (χ1n) is 11.7. The highest BCUT2D eigenvalue weighted by Gasteiger charge is 2.45. The van der Waals surface area contributed by atoms with Crippen molar-refractivity contribution < 1.29 is 5.11 Å². The van der Waals surface area contributed by atoms with Gasteiger partial charge in [0, 0.05) is 49.1 Å². The summed E-state index contributed by atoms with van der Waals surface area (Å²) >= 11 is 0. The molecule has 2 aromatic heterocycles. The highest BCUT2D eigenvalue weighted by molar-refractivity contribution is 5.09. The maximum Gasteiger partial charge on any atom is 0.266 e. The van der Waals surface area contributed by atoms with Gasteiger partial charge in [-0.2, -0.15) is 5.10 Å². The molecule has 2 atom stereocenters. The first kappa shape index (κ1) is 22.1. The number of aromatic nitrogens is 4. The third kappa shape index (κ3) is 5.04. The fraction of sp³-hybridized carbons (Fsp3) is 0.667. The van der Waals surface area contributed by atoms with Crippen LogP contribution in [0.3, 0.4) is 0 Å². The smallest absolute Gasteiger partial charge is 0.266 e. The summed E-state index contributed by atoms with van der Waals surface area (Å²) in [7, 11) is 0. The van der Waals surface area contributed by atoms with Crippen LogP contribution in [0.1, 0.15) is 82.3 Å². The Morgan fingerprint density at radius 2 is 1.84 bits per heavy atom. The van der Waals surface area contributed by atoms with E-state index >= 15 is 0 Å². The van der Waals surface area contributed by atoms with Crippen molar-refractivity contribution >= 4 is 0 Å².